The molecule has 10 heteroatoms. The van der Waals surface area contributed by atoms with Gasteiger partial charge in [-0.15, -0.1) is 0 Å². The molecule has 0 radical (unpaired) electrons. The highest BCUT2D eigenvalue weighted by molar-refractivity contribution is 7.89. The third-order valence-corrected chi connectivity index (χ3v) is 7.40. The molecule has 156 valence electrons. The zero-order chi connectivity index (χ0) is 21.0. The SMILES string of the molecule is O=C(NCCS(=O)(=O)N1CCN(c2ccccc2Cl)CC1)c1cc(Cl)ccc1Cl. The predicted molar refractivity (Wildman–Crippen MR) is 118 cm³/mol. The molecule has 0 saturated carbocycles. The van der Waals surface area contributed by atoms with Crippen LogP contribution in [-0.4, -0.2) is 57.1 Å². The van der Waals surface area contributed by atoms with Crippen LogP contribution in [0.3, 0.4) is 0 Å². The van der Waals surface area contributed by atoms with Gasteiger partial charge in [-0.3, -0.25) is 4.79 Å². The van der Waals surface area contributed by atoms with Gasteiger partial charge in [0.25, 0.3) is 5.91 Å². The summed E-state index contributed by atoms with van der Waals surface area (Å²) in [6, 6.07) is 12.0. The molecule has 6 nitrogen and oxygen atoms in total. The smallest absolute Gasteiger partial charge is 0.252 e. The lowest BCUT2D eigenvalue weighted by molar-refractivity contribution is 0.0956. The van der Waals surface area contributed by atoms with Gasteiger partial charge in [0, 0.05) is 37.7 Å². The Hall–Kier alpha value is -1.51. The maximum absolute atomic E-state index is 12.6. The van der Waals surface area contributed by atoms with Crippen LogP contribution in [0, 0.1) is 0 Å². The maximum atomic E-state index is 12.6. The van der Waals surface area contributed by atoms with Crippen LogP contribution in [0.4, 0.5) is 5.69 Å². The van der Waals surface area contributed by atoms with E-state index in [4.69, 9.17) is 34.8 Å². The van der Waals surface area contributed by atoms with Crippen molar-refractivity contribution < 1.29 is 13.2 Å². The average Bonchev–Trinajstić information content (AvgIpc) is 2.70. The minimum Gasteiger partial charge on any atom is -0.368 e. The Bertz CT molecular complexity index is 993. The molecule has 2 aromatic carbocycles. The van der Waals surface area contributed by atoms with Crippen molar-refractivity contribution in [2.24, 2.45) is 0 Å². The molecule has 0 aliphatic carbocycles. The number of rotatable bonds is 6. The number of nitrogens with one attached hydrogen (secondary N) is 1. The first-order valence-electron chi connectivity index (χ1n) is 8.98. The van der Waals surface area contributed by atoms with Crippen molar-refractivity contribution >= 4 is 56.4 Å². The van der Waals surface area contributed by atoms with Gasteiger partial charge in [0.1, 0.15) is 0 Å². The van der Waals surface area contributed by atoms with Crippen LogP contribution in [0.15, 0.2) is 42.5 Å². The van der Waals surface area contributed by atoms with Gasteiger partial charge >= 0.3 is 0 Å². The van der Waals surface area contributed by atoms with E-state index in [2.05, 4.69) is 10.2 Å². The summed E-state index contributed by atoms with van der Waals surface area (Å²) in [5, 5.41) is 3.87. The van der Waals surface area contributed by atoms with Gasteiger partial charge < -0.3 is 10.2 Å². The van der Waals surface area contributed by atoms with Crippen LogP contribution in [0.5, 0.6) is 0 Å². The molecule has 0 spiro atoms. The van der Waals surface area contributed by atoms with Crippen molar-refractivity contribution in [1.29, 1.82) is 0 Å². The fourth-order valence-electron chi connectivity index (χ4n) is 3.10. The van der Waals surface area contributed by atoms with Crippen LogP contribution in [0.2, 0.25) is 15.1 Å². The lowest BCUT2D eigenvalue weighted by atomic mass is 10.2. The first-order chi connectivity index (χ1) is 13.8. The molecule has 1 heterocycles. The number of carbonyl (C=O) groups is 1. The largest absolute Gasteiger partial charge is 0.368 e. The number of anilines is 1. The average molecular weight is 477 g/mol. The fraction of sp³-hybridized carbons (Fsp3) is 0.316. The summed E-state index contributed by atoms with van der Waals surface area (Å²) in [6.07, 6.45) is 0. The number of sulfonamides is 1. The Morgan fingerprint density at radius 2 is 1.66 bits per heavy atom. The molecule has 0 atom stereocenters. The van der Waals surface area contributed by atoms with Crippen molar-refractivity contribution in [3.63, 3.8) is 0 Å². The first-order valence-corrected chi connectivity index (χ1v) is 11.7. The number of piperazine rings is 1. The lowest BCUT2D eigenvalue weighted by Gasteiger charge is -2.35. The number of para-hydroxylation sites is 1. The van der Waals surface area contributed by atoms with E-state index in [1.165, 1.54) is 16.4 Å². The van der Waals surface area contributed by atoms with E-state index in [9.17, 15) is 13.2 Å². The summed E-state index contributed by atoms with van der Waals surface area (Å²) in [4.78, 5) is 14.3. The molecular formula is C19H20Cl3N3O3S. The number of amides is 1. The molecule has 0 bridgehead atoms. The second-order valence-corrected chi connectivity index (χ2v) is 9.87. The Morgan fingerprint density at radius 1 is 0.966 bits per heavy atom. The van der Waals surface area contributed by atoms with E-state index in [0.29, 0.717) is 36.2 Å². The number of hydrogen-bond donors (Lipinski definition) is 1. The molecule has 1 fully saturated rings. The fourth-order valence-corrected chi connectivity index (χ4v) is 5.07. The van der Waals surface area contributed by atoms with Gasteiger partial charge in [0.2, 0.25) is 10.0 Å². The van der Waals surface area contributed by atoms with Gasteiger partial charge in [-0.1, -0.05) is 46.9 Å². The summed E-state index contributed by atoms with van der Waals surface area (Å²) >= 11 is 18.1. The van der Waals surface area contributed by atoms with Crippen LogP contribution < -0.4 is 10.2 Å². The van der Waals surface area contributed by atoms with Crippen molar-refractivity contribution in [1.82, 2.24) is 9.62 Å². The Labute approximate surface area is 185 Å². The Balaban J connectivity index is 1.52. The quantitative estimate of drug-likeness (QED) is 0.692. The predicted octanol–water partition coefficient (Wildman–Crippen LogP) is 3.53. The van der Waals surface area contributed by atoms with Crippen LogP contribution >= 0.6 is 34.8 Å². The van der Waals surface area contributed by atoms with E-state index in [0.717, 1.165) is 5.69 Å². The zero-order valence-electron chi connectivity index (χ0n) is 15.4. The van der Waals surface area contributed by atoms with Crippen LogP contribution in [-0.2, 0) is 10.0 Å². The second-order valence-electron chi connectivity index (χ2n) is 6.53. The highest BCUT2D eigenvalue weighted by atomic mass is 35.5. The first kappa shape index (κ1) is 22.2. The van der Waals surface area contributed by atoms with E-state index in [1.54, 1.807) is 6.07 Å². The molecular weight excluding hydrogens is 457 g/mol. The molecule has 1 aliphatic heterocycles. The van der Waals surface area contributed by atoms with Gasteiger partial charge in [-0.2, -0.15) is 4.31 Å². The molecule has 1 saturated heterocycles. The highest BCUT2D eigenvalue weighted by Gasteiger charge is 2.27. The minimum atomic E-state index is -3.50. The lowest BCUT2D eigenvalue weighted by Crippen LogP contribution is -2.50. The molecule has 1 N–H and O–H groups in total. The van der Waals surface area contributed by atoms with E-state index in [-0.39, 0.29) is 22.9 Å². The molecule has 29 heavy (non-hydrogen) atoms. The van der Waals surface area contributed by atoms with Crippen molar-refractivity contribution in [2.75, 3.05) is 43.4 Å². The molecule has 0 unspecified atom stereocenters. The minimum absolute atomic E-state index is 0.0191. The Kier molecular flexibility index (Phi) is 7.29. The van der Waals surface area contributed by atoms with E-state index >= 15 is 0 Å². The topological polar surface area (TPSA) is 69.7 Å². The summed E-state index contributed by atoms with van der Waals surface area (Å²) in [5.74, 6) is -0.653. The van der Waals surface area contributed by atoms with Gasteiger partial charge in [-0.05, 0) is 30.3 Å². The van der Waals surface area contributed by atoms with Crippen LogP contribution in [0.1, 0.15) is 10.4 Å². The molecule has 3 rings (SSSR count). The zero-order valence-corrected chi connectivity index (χ0v) is 18.5. The number of carbonyl (C=O) groups excluding carboxylic acids is 1. The standard InChI is InChI=1S/C19H20Cl3N3O3S/c20-14-5-6-16(21)15(13-14)19(26)23-7-12-29(27,28)25-10-8-24(9-11-25)18-4-2-1-3-17(18)22/h1-6,13H,7-12H2,(H,23,26). The number of halogens is 3. The van der Waals surface area contributed by atoms with Gasteiger partial charge in [-0.25, -0.2) is 8.42 Å². The van der Waals surface area contributed by atoms with Crippen molar-refractivity contribution in [3.8, 4) is 0 Å². The maximum Gasteiger partial charge on any atom is 0.252 e. The Morgan fingerprint density at radius 3 is 2.34 bits per heavy atom. The summed E-state index contributed by atoms with van der Waals surface area (Å²) in [7, 11) is -3.50. The van der Waals surface area contributed by atoms with Gasteiger partial charge in [0.05, 0.1) is 27.0 Å². The molecule has 0 aromatic heterocycles. The van der Waals surface area contributed by atoms with Crippen LogP contribution in [0.25, 0.3) is 0 Å². The third-order valence-electron chi connectivity index (χ3n) is 4.64. The normalized spacial score (nSPS) is 15.3. The number of benzene rings is 2. The summed E-state index contributed by atoms with van der Waals surface area (Å²) < 4.78 is 26.7. The van der Waals surface area contributed by atoms with Gasteiger partial charge in [0.15, 0.2) is 0 Å². The van der Waals surface area contributed by atoms with Crippen molar-refractivity contribution in [3.05, 3.63) is 63.1 Å². The number of hydrogen-bond acceptors (Lipinski definition) is 4. The summed E-state index contributed by atoms with van der Waals surface area (Å²) in [6.45, 7) is 1.80. The highest BCUT2D eigenvalue weighted by Crippen LogP contribution is 2.26. The monoisotopic (exact) mass is 475 g/mol. The summed E-state index contributed by atoms with van der Waals surface area (Å²) in [5.41, 5.74) is 1.11. The second kappa shape index (κ2) is 9.53. The molecule has 1 aliphatic rings. The molecule has 2 aromatic rings. The third kappa shape index (κ3) is 5.55. The molecule has 1 amide bonds. The van der Waals surface area contributed by atoms with E-state index in [1.807, 2.05) is 24.3 Å². The number of nitrogens with zero attached hydrogens (tertiary/aromatic N) is 2. The van der Waals surface area contributed by atoms with E-state index < -0.39 is 15.9 Å². The van der Waals surface area contributed by atoms with Crippen molar-refractivity contribution in [2.45, 2.75) is 0 Å².